The minimum atomic E-state index is -0.673. The van der Waals surface area contributed by atoms with Crippen LogP contribution in [0.3, 0.4) is 0 Å². The minimum absolute atomic E-state index is 0.221. The summed E-state index contributed by atoms with van der Waals surface area (Å²) in [6, 6.07) is 0. The number of nitrogens with one attached hydrogen (secondary N) is 1. The van der Waals surface area contributed by atoms with Crippen LogP contribution in [0, 0.1) is 0 Å². The second-order valence-corrected chi connectivity index (χ2v) is 4.03. The van der Waals surface area contributed by atoms with Gasteiger partial charge < -0.3 is 9.63 Å². The number of carbonyl (C=O) groups excluding carboxylic acids is 3. The molecule has 0 bridgehead atoms. The van der Waals surface area contributed by atoms with Gasteiger partial charge in [0.1, 0.15) is 6.17 Å². The molecule has 1 N–H and O–H groups in total. The Bertz CT molecular complexity index is 359. The maximum absolute atomic E-state index is 11.6. The van der Waals surface area contributed by atoms with Crippen molar-refractivity contribution in [1.29, 1.82) is 0 Å². The molecule has 1 aliphatic rings. The predicted molar refractivity (Wildman–Crippen MR) is 67.7 cm³/mol. The van der Waals surface area contributed by atoms with Crippen LogP contribution in [0.4, 0.5) is 0 Å². The molecular formula is C12H19N3O4. The largest absolute Gasteiger partial charge is 0.355 e. The van der Waals surface area contributed by atoms with Gasteiger partial charge in [0, 0.05) is 32.1 Å². The van der Waals surface area contributed by atoms with E-state index in [1.54, 1.807) is 6.92 Å². The zero-order valence-electron chi connectivity index (χ0n) is 11.0. The fourth-order valence-corrected chi connectivity index (χ4v) is 1.77. The molecule has 0 saturated carbocycles. The second-order valence-electron chi connectivity index (χ2n) is 4.03. The Balaban J connectivity index is 2.52. The molecule has 7 heteroatoms. The molecule has 0 aliphatic carbocycles. The molecule has 19 heavy (non-hydrogen) atoms. The van der Waals surface area contributed by atoms with E-state index < -0.39 is 5.97 Å². The van der Waals surface area contributed by atoms with E-state index in [1.165, 1.54) is 0 Å². The van der Waals surface area contributed by atoms with Crippen LogP contribution in [-0.4, -0.2) is 60.5 Å². The Morgan fingerprint density at radius 3 is 2.89 bits per heavy atom. The van der Waals surface area contributed by atoms with Gasteiger partial charge in [0.15, 0.2) is 6.29 Å². The third kappa shape index (κ3) is 4.46. The number of aldehydes is 1. The molecule has 7 nitrogen and oxygen atoms in total. The molecule has 0 aromatic rings. The van der Waals surface area contributed by atoms with E-state index in [0.717, 1.165) is 24.0 Å². The van der Waals surface area contributed by atoms with Crippen molar-refractivity contribution in [2.75, 3.05) is 26.2 Å². The summed E-state index contributed by atoms with van der Waals surface area (Å²) in [5.41, 5.74) is 0. The first-order valence-electron chi connectivity index (χ1n) is 6.19. The van der Waals surface area contributed by atoms with Crippen molar-refractivity contribution in [2.24, 2.45) is 0 Å². The number of hydrogen-bond acceptors (Lipinski definition) is 6. The number of nitrogens with zero attached hydrogens (tertiary/aromatic N) is 2. The maximum Gasteiger partial charge on any atom is 0.355 e. The Kier molecular flexibility index (Phi) is 6.17. The standard InChI is InChI=1S/C12H19N3O4/c1-3-11(17)15(19-12(18)4-2)8-7-14-6-5-13-10(14)9-16/h4,9-10,13H,2-3,5-8H2,1H3. The van der Waals surface area contributed by atoms with Gasteiger partial charge in [0.05, 0.1) is 6.54 Å². The van der Waals surface area contributed by atoms with Gasteiger partial charge in [-0.3, -0.25) is 15.0 Å². The van der Waals surface area contributed by atoms with Gasteiger partial charge in [-0.1, -0.05) is 13.5 Å². The average molecular weight is 269 g/mol. The lowest BCUT2D eigenvalue weighted by atomic mass is 10.4. The summed E-state index contributed by atoms with van der Waals surface area (Å²) in [4.78, 5) is 40.3. The fourth-order valence-electron chi connectivity index (χ4n) is 1.77. The number of amides is 1. The fraction of sp³-hybridized carbons (Fsp3) is 0.583. The van der Waals surface area contributed by atoms with Crippen LogP contribution >= 0.6 is 0 Å². The van der Waals surface area contributed by atoms with E-state index in [-0.39, 0.29) is 25.0 Å². The van der Waals surface area contributed by atoms with E-state index in [1.807, 2.05) is 4.90 Å². The average Bonchev–Trinajstić information content (AvgIpc) is 2.89. The van der Waals surface area contributed by atoms with Crippen molar-refractivity contribution >= 4 is 18.2 Å². The number of hydroxylamine groups is 2. The van der Waals surface area contributed by atoms with Crippen LogP contribution in [0.25, 0.3) is 0 Å². The topological polar surface area (TPSA) is 79.0 Å². The highest BCUT2D eigenvalue weighted by Gasteiger charge is 2.25. The molecule has 0 spiro atoms. The third-order valence-electron chi connectivity index (χ3n) is 2.81. The van der Waals surface area contributed by atoms with Crippen molar-refractivity contribution in [2.45, 2.75) is 19.5 Å². The SMILES string of the molecule is C=CC(=O)ON(CCN1CCNC1C=O)C(=O)CC. The third-order valence-corrected chi connectivity index (χ3v) is 2.81. The van der Waals surface area contributed by atoms with Gasteiger partial charge in [0.2, 0.25) is 0 Å². The van der Waals surface area contributed by atoms with E-state index in [2.05, 4.69) is 11.9 Å². The van der Waals surface area contributed by atoms with Gasteiger partial charge in [-0.15, -0.1) is 0 Å². The Hall–Kier alpha value is -1.73. The van der Waals surface area contributed by atoms with E-state index >= 15 is 0 Å². The summed E-state index contributed by atoms with van der Waals surface area (Å²) in [5.74, 6) is -0.960. The zero-order valence-corrected chi connectivity index (χ0v) is 11.0. The summed E-state index contributed by atoms with van der Waals surface area (Å²) < 4.78 is 0. The van der Waals surface area contributed by atoms with Crippen LogP contribution in [-0.2, 0) is 19.2 Å². The first-order chi connectivity index (χ1) is 9.12. The first kappa shape index (κ1) is 15.3. The minimum Gasteiger partial charge on any atom is -0.333 e. The highest BCUT2D eigenvalue weighted by molar-refractivity contribution is 5.83. The lowest BCUT2D eigenvalue weighted by Crippen LogP contribution is -2.43. The number of rotatable bonds is 6. The molecule has 0 aromatic carbocycles. The Labute approximate surface area is 112 Å². The zero-order chi connectivity index (χ0) is 14.3. The van der Waals surface area contributed by atoms with Crippen LogP contribution in [0.15, 0.2) is 12.7 Å². The van der Waals surface area contributed by atoms with Gasteiger partial charge in [-0.05, 0) is 0 Å². The molecule has 106 valence electrons. The highest BCUT2D eigenvalue weighted by Crippen LogP contribution is 2.03. The van der Waals surface area contributed by atoms with Crippen molar-refractivity contribution in [1.82, 2.24) is 15.3 Å². The van der Waals surface area contributed by atoms with Crippen molar-refractivity contribution in [3.05, 3.63) is 12.7 Å². The number of hydrogen-bond donors (Lipinski definition) is 1. The van der Waals surface area contributed by atoms with Crippen molar-refractivity contribution in [3.63, 3.8) is 0 Å². The van der Waals surface area contributed by atoms with Crippen LogP contribution < -0.4 is 5.32 Å². The van der Waals surface area contributed by atoms with Crippen molar-refractivity contribution in [3.8, 4) is 0 Å². The van der Waals surface area contributed by atoms with Gasteiger partial charge in [0.25, 0.3) is 5.91 Å². The second kappa shape index (κ2) is 7.65. The van der Waals surface area contributed by atoms with E-state index in [0.29, 0.717) is 13.1 Å². The molecule has 1 aliphatic heterocycles. The van der Waals surface area contributed by atoms with Gasteiger partial charge in [-0.2, -0.15) is 5.06 Å². The molecule has 0 radical (unpaired) electrons. The molecule has 1 unspecified atom stereocenters. The first-order valence-corrected chi connectivity index (χ1v) is 6.19. The van der Waals surface area contributed by atoms with Gasteiger partial charge >= 0.3 is 5.97 Å². The summed E-state index contributed by atoms with van der Waals surface area (Å²) in [6.07, 6.45) is 1.71. The molecular weight excluding hydrogens is 250 g/mol. The molecule has 1 fully saturated rings. The van der Waals surface area contributed by atoms with Crippen LogP contribution in [0.5, 0.6) is 0 Å². The molecule has 0 aromatic heterocycles. The number of carbonyl (C=O) groups is 3. The molecule has 1 amide bonds. The normalized spacial score (nSPS) is 18.9. The summed E-state index contributed by atoms with van der Waals surface area (Å²) in [7, 11) is 0. The van der Waals surface area contributed by atoms with Crippen LogP contribution in [0.2, 0.25) is 0 Å². The quantitative estimate of drug-likeness (QED) is 0.390. The lowest BCUT2D eigenvalue weighted by molar-refractivity contribution is -0.194. The summed E-state index contributed by atoms with van der Waals surface area (Å²) >= 11 is 0. The molecule has 1 saturated heterocycles. The Morgan fingerprint density at radius 2 is 2.32 bits per heavy atom. The van der Waals surface area contributed by atoms with Crippen molar-refractivity contribution < 1.29 is 19.2 Å². The van der Waals surface area contributed by atoms with E-state index in [9.17, 15) is 14.4 Å². The Morgan fingerprint density at radius 1 is 1.58 bits per heavy atom. The summed E-state index contributed by atoms with van der Waals surface area (Å²) in [6.45, 7) is 7.07. The highest BCUT2D eigenvalue weighted by atomic mass is 16.7. The lowest BCUT2D eigenvalue weighted by Gasteiger charge is -2.24. The van der Waals surface area contributed by atoms with E-state index in [4.69, 9.17) is 4.84 Å². The predicted octanol–water partition coefficient (Wildman–Crippen LogP) is -0.701. The summed E-state index contributed by atoms with van der Waals surface area (Å²) in [5, 5.41) is 4.02. The maximum atomic E-state index is 11.6. The van der Waals surface area contributed by atoms with Crippen LogP contribution in [0.1, 0.15) is 13.3 Å². The molecule has 1 heterocycles. The monoisotopic (exact) mass is 269 g/mol. The molecule has 1 rings (SSSR count). The molecule has 1 atom stereocenters. The van der Waals surface area contributed by atoms with Gasteiger partial charge in [-0.25, -0.2) is 4.79 Å². The smallest absolute Gasteiger partial charge is 0.333 e.